The van der Waals surface area contributed by atoms with Crippen molar-refractivity contribution in [2.45, 2.75) is 63.3 Å². The predicted octanol–water partition coefficient (Wildman–Crippen LogP) is 1.37. The largest absolute Gasteiger partial charge is 0.350 e. The lowest BCUT2D eigenvalue weighted by Gasteiger charge is -2.39. The monoisotopic (exact) mass is 537 g/mol. The first-order valence-corrected chi connectivity index (χ1v) is 13.4. The minimum atomic E-state index is -0.985. The second kappa shape index (κ2) is 12.8. The molecular formula is C29H36FN5O4. The number of fused-ring (bicyclic) bond motifs is 1. The molecule has 10 heteroatoms. The van der Waals surface area contributed by atoms with E-state index in [4.69, 9.17) is 0 Å². The lowest BCUT2D eigenvalue weighted by atomic mass is 10.0. The molecule has 2 aromatic carbocycles. The average molecular weight is 538 g/mol. The molecule has 1 unspecified atom stereocenters. The van der Waals surface area contributed by atoms with E-state index in [9.17, 15) is 23.6 Å². The molecule has 3 N–H and O–H groups in total. The van der Waals surface area contributed by atoms with Crippen molar-refractivity contribution in [3.63, 3.8) is 0 Å². The van der Waals surface area contributed by atoms with Crippen molar-refractivity contribution < 1.29 is 23.6 Å². The number of carbonyl (C=O) groups is 4. The molecule has 2 saturated heterocycles. The Morgan fingerprint density at radius 3 is 2.41 bits per heavy atom. The highest BCUT2D eigenvalue weighted by Crippen LogP contribution is 2.29. The molecule has 4 atom stereocenters. The predicted molar refractivity (Wildman–Crippen MR) is 144 cm³/mol. The molecule has 2 aromatic rings. The standard InChI is InChI=1S/C29H36FN5O4/c1-19(31-2)27(37)33-24-18-34(26(36)16-20-6-4-3-5-7-20)15-14-23-12-13-25(35(23)29(24)39)28(38)32-17-21-8-10-22(30)11-9-21/h3-11,19,23-25,31H,12-18H2,1-2H3,(H,32,38)(H,33,37)/t19-,23+,24?,25-/m0/s1. The Balaban J connectivity index is 1.51. The number of amides is 4. The van der Waals surface area contributed by atoms with Gasteiger partial charge < -0.3 is 25.8 Å². The van der Waals surface area contributed by atoms with Crippen LogP contribution < -0.4 is 16.0 Å². The van der Waals surface area contributed by atoms with E-state index in [1.54, 1.807) is 35.9 Å². The summed E-state index contributed by atoms with van der Waals surface area (Å²) in [4.78, 5) is 56.4. The van der Waals surface area contributed by atoms with Crippen molar-refractivity contribution in [3.05, 3.63) is 71.5 Å². The maximum Gasteiger partial charge on any atom is 0.247 e. The second-order valence-electron chi connectivity index (χ2n) is 10.2. The maximum absolute atomic E-state index is 13.9. The van der Waals surface area contributed by atoms with Crippen LogP contribution in [0.2, 0.25) is 0 Å². The van der Waals surface area contributed by atoms with E-state index >= 15 is 0 Å². The Morgan fingerprint density at radius 2 is 1.72 bits per heavy atom. The summed E-state index contributed by atoms with van der Waals surface area (Å²) in [6.45, 7) is 2.34. The molecule has 208 valence electrons. The highest BCUT2D eigenvalue weighted by molar-refractivity contribution is 5.94. The van der Waals surface area contributed by atoms with Gasteiger partial charge in [0.2, 0.25) is 23.6 Å². The summed E-state index contributed by atoms with van der Waals surface area (Å²) in [5.74, 6) is -1.49. The second-order valence-corrected chi connectivity index (χ2v) is 10.2. The van der Waals surface area contributed by atoms with E-state index in [1.807, 2.05) is 30.3 Å². The van der Waals surface area contributed by atoms with E-state index in [0.29, 0.717) is 25.8 Å². The van der Waals surface area contributed by atoms with Crippen LogP contribution in [0, 0.1) is 5.82 Å². The molecule has 39 heavy (non-hydrogen) atoms. The van der Waals surface area contributed by atoms with Crippen molar-refractivity contribution in [1.29, 1.82) is 0 Å². The molecular weight excluding hydrogens is 501 g/mol. The first kappa shape index (κ1) is 28.2. The van der Waals surface area contributed by atoms with E-state index in [-0.39, 0.29) is 55.0 Å². The van der Waals surface area contributed by atoms with Crippen LogP contribution in [0.1, 0.15) is 37.3 Å². The van der Waals surface area contributed by atoms with Gasteiger partial charge in [-0.2, -0.15) is 0 Å². The first-order chi connectivity index (χ1) is 18.8. The summed E-state index contributed by atoms with van der Waals surface area (Å²) in [6, 6.07) is 12.8. The van der Waals surface area contributed by atoms with Gasteiger partial charge in [0.1, 0.15) is 17.9 Å². The van der Waals surface area contributed by atoms with Gasteiger partial charge in [-0.25, -0.2) is 4.39 Å². The van der Waals surface area contributed by atoms with Crippen LogP contribution in [0.4, 0.5) is 4.39 Å². The Labute approximate surface area is 228 Å². The lowest BCUT2D eigenvalue weighted by molar-refractivity contribution is -0.147. The number of halogens is 1. The molecule has 0 aliphatic carbocycles. The zero-order chi connectivity index (χ0) is 27.9. The third kappa shape index (κ3) is 7.00. The Hall–Kier alpha value is -3.79. The Bertz CT molecular complexity index is 1180. The van der Waals surface area contributed by atoms with Gasteiger partial charge in [-0.1, -0.05) is 42.5 Å². The van der Waals surface area contributed by atoms with Gasteiger partial charge in [-0.05, 0) is 56.5 Å². The number of carbonyl (C=O) groups excluding carboxylic acids is 4. The molecule has 0 bridgehead atoms. The molecule has 0 aromatic heterocycles. The van der Waals surface area contributed by atoms with Crippen molar-refractivity contribution >= 4 is 23.6 Å². The topological polar surface area (TPSA) is 111 Å². The summed E-state index contributed by atoms with van der Waals surface area (Å²) in [5.41, 5.74) is 1.62. The minimum absolute atomic E-state index is 0.0276. The van der Waals surface area contributed by atoms with Crippen LogP contribution in [0.15, 0.2) is 54.6 Å². The zero-order valence-corrected chi connectivity index (χ0v) is 22.4. The highest BCUT2D eigenvalue weighted by Gasteiger charge is 2.45. The maximum atomic E-state index is 13.9. The number of nitrogens with one attached hydrogen (secondary N) is 3. The molecule has 2 heterocycles. The SMILES string of the molecule is CN[C@@H](C)C(=O)NC1CN(C(=O)Cc2ccccc2)CC[C@H]2CC[C@@H](C(=O)NCc3ccc(F)cc3)N2C1=O. The van der Waals surface area contributed by atoms with Gasteiger partial charge in [-0.3, -0.25) is 19.2 Å². The zero-order valence-electron chi connectivity index (χ0n) is 22.4. The molecule has 0 radical (unpaired) electrons. The normalized spacial score (nSPS) is 21.9. The number of likely N-dealkylation sites (N-methyl/N-ethyl adjacent to an activating group) is 1. The van der Waals surface area contributed by atoms with Crippen molar-refractivity contribution in [2.75, 3.05) is 20.1 Å². The highest BCUT2D eigenvalue weighted by atomic mass is 19.1. The average Bonchev–Trinajstić information content (AvgIpc) is 3.36. The van der Waals surface area contributed by atoms with Gasteiger partial charge in [0, 0.05) is 25.7 Å². The van der Waals surface area contributed by atoms with Gasteiger partial charge in [0.05, 0.1) is 12.5 Å². The molecule has 0 spiro atoms. The van der Waals surface area contributed by atoms with Gasteiger partial charge in [-0.15, -0.1) is 0 Å². The third-order valence-corrected chi connectivity index (χ3v) is 7.57. The van der Waals surface area contributed by atoms with Crippen molar-refractivity contribution in [1.82, 2.24) is 25.8 Å². The molecule has 9 nitrogen and oxygen atoms in total. The fourth-order valence-corrected chi connectivity index (χ4v) is 5.19. The summed E-state index contributed by atoms with van der Waals surface area (Å²) in [5, 5.41) is 8.56. The van der Waals surface area contributed by atoms with E-state index < -0.39 is 18.1 Å². The van der Waals surface area contributed by atoms with Crippen LogP contribution in [-0.4, -0.2) is 77.7 Å². The van der Waals surface area contributed by atoms with E-state index in [0.717, 1.165) is 11.1 Å². The molecule has 2 aliphatic heterocycles. The summed E-state index contributed by atoms with van der Waals surface area (Å²) in [6.07, 6.45) is 1.85. The molecule has 2 fully saturated rings. The van der Waals surface area contributed by atoms with Crippen LogP contribution in [0.5, 0.6) is 0 Å². The quantitative estimate of drug-likeness (QED) is 0.471. The van der Waals surface area contributed by atoms with E-state index in [1.165, 1.54) is 12.1 Å². The van der Waals surface area contributed by atoms with Crippen LogP contribution in [0.3, 0.4) is 0 Å². The van der Waals surface area contributed by atoms with Gasteiger partial charge in [0.15, 0.2) is 0 Å². The van der Waals surface area contributed by atoms with Gasteiger partial charge in [0.25, 0.3) is 0 Å². The number of benzene rings is 2. The fourth-order valence-electron chi connectivity index (χ4n) is 5.19. The number of rotatable bonds is 8. The Kier molecular flexibility index (Phi) is 9.29. The smallest absolute Gasteiger partial charge is 0.247 e. The van der Waals surface area contributed by atoms with Crippen LogP contribution in [-0.2, 0) is 32.1 Å². The van der Waals surface area contributed by atoms with E-state index in [2.05, 4.69) is 16.0 Å². The van der Waals surface area contributed by atoms with Crippen LogP contribution in [0.25, 0.3) is 0 Å². The summed E-state index contributed by atoms with van der Waals surface area (Å²) in [7, 11) is 1.65. The number of hydrogen-bond donors (Lipinski definition) is 3. The Morgan fingerprint density at radius 1 is 1.00 bits per heavy atom. The molecule has 4 amide bonds. The van der Waals surface area contributed by atoms with Crippen molar-refractivity contribution in [2.24, 2.45) is 0 Å². The molecule has 0 saturated carbocycles. The molecule has 4 rings (SSSR count). The van der Waals surface area contributed by atoms with Gasteiger partial charge >= 0.3 is 0 Å². The molecule has 2 aliphatic rings. The summed E-state index contributed by atoms with van der Waals surface area (Å²) >= 11 is 0. The van der Waals surface area contributed by atoms with Crippen molar-refractivity contribution in [3.8, 4) is 0 Å². The fraction of sp³-hybridized carbons (Fsp3) is 0.448. The minimum Gasteiger partial charge on any atom is -0.350 e. The lowest BCUT2D eigenvalue weighted by Crippen LogP contribution is -2.62. The number of hydrogen-bond acceptors (Lipinski definition) is 5. The van der Waals surface area contributed by atoms with Crippen LogP contribution >= 0.6 is 0 Å². The summed E-state index contributed by atoms with van der Waals surface area (Å²) < 4.78 is 13.2. The first-order valence-electron chi connectivity index (χ1n) is 13.4. The third-order valence-electron chi connectivity index (χ3n) is 7.57. The number of nitrogens with zero attached hydrogens (tertiary/aromatic N) is 2.